The topological polar surface area (TPSA) is 29.5 Å². The monoisotopic (exact) mass is 272 g/mol. The lowest BCUT2D eigenvalue weighted by atomic mass is 9.97. The van der Waals surface area contributed by atoms with Gasteiger partial charge in [-0.25, -0.2) is 0 Å². The lowest BCUT2D eigenvalue weighted by Gasteiger charge is -2.14. The summed E-state index contributed by atoms with van der Waals surface area (Å²) in [7, 11) is 1.67. The summed E-state index contributed by atoms with van der Waals surface area (Å²) >= 11 is 3.44. The third-order valence-corrected chi connectivity index (χ3v) is 3.08. The van der Waals surface area contributed by atoms with Crippen LogP contribution in [0.4, 0.5) is 0 Å². The van der Waals surface area contributed by atoms with Crippen molar-refractivity contribution in [3.8, 4) is 5.75 Å². The maximum absolute atomic E-state index is 9.17. The van der Waals surface area contributed by atoms with E-state index in [-0.39, 0.29) is 6.61 Å². The third kappa shape index (κ3) is 3.50. The maximum atomic E-state index is 9.17. The Balaban J connectivity index is 2.86. The van der Waals surface area contributed by atoms with Gasteiger partial charge >= 0.3 is 0 Å². The van der Waals surface area contributed by atoms with Crippen LogP contribution in [-0.4, -0.2) is 18.8 Å². The van der Waals surface area contributed by atoms with Crippen LogP contribution in [0.1, 0.15) is 18.9 Å². The molecule has 0 saturated heterocycles. The minimum Gasteiger partial charge on any atom is -0.496 e. The molecule has 0 saturated carbocycles. The summed E-state index contributed by atoms with van der Waals surface area (Å²) in [5.74, 6) is 1.21. The van der Waals surface area contributed by atoms with Gasteiger partial charge in [-0.15, -0.1) is 0 Å². The van der Waals surface area contributed by atoms with E-state index in [1.807, 2.05) is 12.1 Å². The van der Waals surface area contributed by atoms with E-state index in [1.54, 1.807) is 7.11 Å². The van der Waals surface area contributed by atoms with E-state index in [0.29, 0.717) is 5.92 Å². The third-order valence-electron chi connectivity index (χ3n) is 2.59. The first-order valence-electron chi connectivity index (χ1n) is 5.14. The predicted octanol–water partition coefficient (Wildman–Crippen LogP) is 3.02. The Hall–Kier alpha value is -0.540. The predicted molar refractivity (Wildman–Crippen MR) is 65.3 cm³/mol. The Kier molecular flexibility index (Phi) is 5.12. The zero-order valence-electron chi connectivity index (χ0n) is 9.16. The summed E-state index contributed by atoms with van der Waals surface area (Å²) in [6.07, 6.45) is 1.84. The standard InChI is InChI=1S/C12H17BrO2/c1-3-9(8-14)6-10-7-11(13)4-5-12(10)15-2/h4-5,7,9,14H,3,6,8H2,1-2H3. The molecule has 0 amide bonds. The smallest absolute Gasteiger partial charge is 0.122 e. The molecule has 1 unspecified atom stereocenters. The number of aliphatic hydroxyl groups excluding tert-OH is 1. The second-order valence-electron chi connectivity index (χ2n) is 3.62. The number of halogens is 1. The Morgan fingerprint density at radius 3 is 2.73 bits per heavy atom. The minimum absolute atomic E-state index is 0.228. The zero-order chi connectivity index (χ0) is 11.3. The highest BCUT2D eigenvalue weighted by Gasteiger charge is 2.10. The van der Waals surface area contributed by atoms with E-state index < -0.39 is 0 Å². The van der Waals surface area contributed by atoms with Crippen LogP contribution in [0.2, 0.25) is 0 Å². The molecule has 0 radical (unpaired) electrons. The number of hydrogen-bond acceptors (Lipinski definition) is 2. The summed E-state index contributed by atoms with van der Waals surface area (Å²) in [5, 5.41) is 9.17. The average molecular weight is 273 g/mol. The molecule has 15 heavy (non-hydrogen) atoms. The van der Waals surface area contributed by atoms with Crippen LogP contribution < -0.4 is 4.74 Å². The van der Waals surface area contributed by atoms with E-state index in [2.05, 4.69) is 28.9 Å². The number of benzene rings is 1. The van der Waals surface area contributed by atoms with Crippen LogP contribution in [0.15, 0.2) is 22.7 Å². The number of methoxy groups -OCH3 is 1. The van der Waals surface area contributed by atoms with E-state index in [1.165, 1.54) is 0 Å². The molecule has 0 aromatic heterocycles. The number of ether oxygens (including phenoxy) is 1. The number of rotatable bonds is 5. The van der Waals surface area contributed by atoms with E-state index in [0.717, 1.165) is 28.6 Å². The van der Waals surface area contributed by atoms with Gasteiger partial charge in [0.1, 0.15) is 5.75 Å². The number of aliphatic hydroxyl groups is 1. The summed E-state index contributed by atoms with van der Waals surface area (Å²) in [6, 6.07) is 5.96. The van der Waals surface area contributed by atoms with Crippen molar-refractivity contribution in [2.24, 2.45) is 5.92 Å². The van der Waals surface area contributed by atoms with Gasteiger partial charge in [0.2, 0.25) is 0 Å². The molecule has 0 fully saturated rings. The second-order valence-corrected chi connectivity index (χ2v) is 4.53. The maximum Gasteiger partial charge on any atom is 0.122 e. The quantitative estimate of drug-likeness (QED) is 0.893. The van der Waals surface area contributed by atoms with Crippen molar-refractivity contribution in [2.75, 3.05) is 13.7 Å². The van der Waals surface area contributed by atoms with Crippen molar-refractivity contribution in [2.45, 2.75) is 19.8 Å². The van der Waals surface area contributed by atoms with Crippen LogP contribution in [0.5, 0.6) is 5.75 Å². The molecule has 0 spiro atoms. The van der Waals surface area contributed by atoms with Gasteiger partial charge in [-0.1, -0.05) is 29.3 Å². The highest BCUT2D eigenvalue weighted by Crippen LogP contribution is 2.26. The van der Waals surface area contributed by atoms with Crippen molar-refractivity contribution >= 4 is 15.9 Å². The van der Waals surface area contributed by atoms with Crippen molar-refractivity contribution < 1.29 is 9.84 Å². The fraction of sp³-hybridized carbons (Fsp3) is 0.500. The Morgan fingerprint density at radius 2 is 2.20 bits per heavy atom. The van der Waals surface area contributed by atoms with Crippen molar-refractivity contribution in [3.05, 3.63) is 28.2 Å². The van der Waals surface area contributed by atoms with Gasteiger partial charge in [0.05, 0.1) is 7.11 Å². The van der Waals surface area contributed by atoms with Gasteiger partial charge in [-0.3, -0.25) is 0 Å². The second kappa shape index (κ2) is 6.13. The van der Waals surface area contributed by atoms with Crippen LogP contribution in [0.25, 0.3) is 0 Å². The van der Waals surface area contributed by atoms with Gasteiger partial charge < -0.3 is 9.84 Å². The number of hydrogen-bond donors (Lipinski definition) is 1. The average Bonchev–Trinajstić information content (AvgIpc) is 2.26. The van der Waals surface area contributed by atoms with Crippen molar-refractivity contribution in [1.82, 2.24) is 0 Å². The molecule has 3 heteroatoms. The lowest BCUT2D eigenvalue weighted by Crippen LogP contribution is -2.09. The summed E-state index contributed by atoms with van der Waals surface area (Å²) in [6.45, 7) is 2.32. The lowest BCUT2D eigenvalue weighted by molar-refractivity contribution is 0.221. The molecule has 0 aliphatic rings. The van der Waals surface area contributed by atoms with Gasteiger partial charge in [0.15, 0.2) is 0 Å². The Bertz CT molecular complexity index is 308. The molecule has 0 aliphatic heterocycles. The normalized spacial score (nSPS) is 12.5. The van der Waals surface area contributed by atoms with E-state index in [9.17, 15) is 0 Å². The van der Waals surface area contributed by atoms with Crippen molar-refractivity contribution in [3.63, 3.8) is 0 Å². The van der Waals surface area contributed by atoms with Crippen LogP contribution in [-0.2, 0) is 6.42 Å². The molecule has 1 rings (SSSR count). The highest BCUT2D eigenvalue weighted by atomic mass is 79.9. The molecule has 84 valence electrons. The van der Waals surface area contributed by atoms with E-state index >= 15 is 0 Å². The first-order chi connectivity index (χ1) is 7.21. The van der Waals surface area contributed by atoms with Gasteiger partial charge in [0, 0.05) is 11.1 Å². The molecule has 1 N–H and O–H groups in total. The molecular formula is C12H17BrO2. The van der Waals surface area contributed by atoms with Crippen LogP contribution in [0, 0.1) is 5.92 Å². The Morgan fingerprint density at radius 1 is 1.47 bits per heavy atom. The molecule has 1 aromatic rings. The molecule has 1 aromatic carbocycles. The minimum atomic E-state index is 0.228. The SMILES string of the molecule is CCC(CO)Cc1cc(Br)ccc1OC. The fourth-order valence-corrected chi connectivity index (χ4v) is 1.96. The Labute approximate surface area is 99.4 Å². The molecule has 1 atom stereocenters. The fourth-order valence-electron chi connectivity index (χ4n) is 1.56. The zero-order valence-corrected chi connectivity index (χ0v) is 10.8. The summed E-state index contributed by atoms with van der Waals surface area (Å²) in [5.41, 5.74) is 1.15. The van der Waals surface area contributed by atoms with Crippen LogP contribution in [0.3, 0.4) is 0 Å². The van der Waals surface area contributed by atoms with Gasteiger partial charge in [0.25, 0.3) is 0 Å². The summed E-state index contributed by atoms with van der Waals surface area (Å²) < 4.78 is 6.34. The highest BCUT2D eigenvalue weighted by molar-refractivity contribution is 9.10. The first-order valence-corrected chi connectivity index (χ1v) is 5.93. The van der Waals surface area contributed by atoms with Gasteiger partial charge in [-0.2, -0.15) is 0 Å². The molecule has 0 bridgehead atoms. The molecule has 2 nitrogen and oxygen atoms in total. The van der Waals surface area contributed by atoms with Crippen molar-refractivity contribution in [1.29, 1.82) is 0 Å². The molecule has 0 aliphatic carbocycles. The van der Waals surface area contributed by atoms with Gasteiger partial charge in [-0.05, 0) is 36.1 Å². The van der Waals surface area contributed by atoms with Crippen LogP contribution >= 0.6 is 15.9 Å². The molecular weight excluding hydrogens is 256 g/mol. The summed E-state index contributed by atoms with van der Waals surface area (Å²) in [4.78, 5) is 0. The molecule has 0 heterocycles. The first kappa shape index (κ1) is 12.5. The van der Waals surface area contributed by atoms with E-state index in [4.69, 9.17) is 9.84 Å². The largest absolute Gasteiger partial charge is 0.496 e.